The molecule has 0 unspecified atom stereocenters. The fourth-order valence-electron chi connectivity index (χ4n) is 3.61. The van der Waals surface area contributed by atoms with E-state index in [1.807, 2.05) is 35.4 Å². The molecule has 0 aliphatic carbocycles. The summed E-state index contributed by atoms with van der Waals surface area (Å²) in [6.07, 6.45) is 1.93. The molecule has 1 aliphatic rings. The maximum absolute atomic E-state index is 12.5. The first-order chi connectivity index (χ1) is 13.5. The summed E-state index contributed by atoms with van der Waals surface area (Å²) in [5, 5.41) is 3.00. The SMILES string of the molecule is Cc1ccc(NC(=O)N2CC(c3ncc(C)n3Cc3ccccc3)C2)cc1C. The van der Waals surface area contributed by atoms with E-state index in [4.69, 9.17) is 0 Å². The minimum atomic E-state index is -0.0441. The summed E-state index contributed by atoms with van der Waals surface area (Å²) in [5.41, 5.74) is 5.66. The standard InChI is InChI=1S/C23H26N4O/c1-16-9-10-21(11-17(16)2)25-23(28)26-14-20(15-26)22-24-12-18(3)27(22)13-19-7-5-4-6-8-19/h4-12,20H,13-15H2,1-3H3,(H,25,28). The molecule has 1 aromatic heterocycles. The zero-order chi connectivity index (χ0) is 19.7. The van der Waals surface area contributed by atoms with Crippen LogP contribution in [0.2, 0.25) is 0 Å². The summed E-state index contributed by atoms with van der Waals surface area (Å²) in [5.74, 6) is 1.35. The van der Waals surface area contributed by atoms with Gasteiger partial charge in [-0.15, -0.1) is 0 Å². The van der Waals surface area contributed by atoms with Gasteiger partial charge in [-0.3, -0.25) is 0 Å². The molecule has 0 radical (unpaired) electrons. The Hall–Kier alpha value is -3.08. The van der Waals surface area contributed by atoms with Crippen LogP contribution in [0.3, 0.4) is 0 Å². The average molecular weight is 374 g/mol. The Morgan fingerprint density at radius 3 is 2.54 bits per heavy atom. The number of hydrogen-bond donors (Lipinski definition) is 1. The number of anilines is 1. The topological polar surface area (TPSA) is 50.2 Å². The van der Waals surface area contributed by atoms with Crippen molar-refractivity contribution in [3.05, 3.63) is 82.9 Å². The maximum atomic E-state index is 12.5. The van der Waals surface area contributed by atoms with Crippen LogP contribution in [-0.4, -0.2) is 33.6 Å². The van der Waals surface area contributed by atoms with Crippen LogP contribution in [0.25, 0.3) is 0 Å². The highest BCUT2D eigenvalue weighted by Gasteiger charge is 2.35. The van der Waals surface area contributed by atoms with Crippen LogP contribution in [0.15, 0.2) is 54.7 Å². The Morgan fingerprint density at radius 1 is 1.07 bits per heavy atom. The van der Waals surface area contributed by atoms with E-state index in [2.05, 4.69) is 59.9 Å². The van der Waals surface area contributed by atoms with E-state index in [0.29, 0.717) is 13.1 Å². The van der Waals surface area contributed by atoms with Gasteiger partial charge in [0, 0.05) is 37.2 Å². The minimum absolute atomic E-state index is 0.0441. The minimum Gasteiger partial charge on any atom is -0.328 e. The quantitative estimate of drug-likeness (QED) is 0.732. The molecule has 0 atom stereocenters. The largest absolute Gasteiger partial charge is 0.328 e. The van der Waals surface area contributed by atoms with Gasteiger partial charge in [-0.1, -0.05) is 36.4 Å². The molecule has 5 nitrogen and oxygen atoms in total. The molecule has 0 spiro atoms. The molecule has 0 bridgehead atoms. The molecule has 3 aromatic rings. The third-order valence-corrected chi connectivity index (χ3v) is 5.56. The van der Waals surface area contributed by atoms with Crippen molar-refractivity contribution in [3.8, 4) is 0 Å². The number of carbonyl (C=O) groups is 1. The molecular formula is C23H26N4O. The molecule has 2 aromatic carbocycles. The van der Waals surface area contributed by atoms with Crippen molar-refractivity contribution in [2.45, 2.75) is 33.2 Å². The molecule has 1 aliphatic heterocycles. The smallest absolute Gasteiger partial charge is 0.321 e. The third kappa shape index (κ3) is 3.65. The first-order valence-corrected chi connectivity index (χ1v) is 9.70. The van der Waals surface area contributed by atoms with Crippen LogP contribution < -0.4 is 5.32 Å². The first kappa shape index (κ1) is 18.3. The van der Waals surface area contributed by atoms with Crippen molar-refractivity contribution in [3.63, 3.8) is 0 Å². The number of nitrogens with zero attached hydrogens (tertiary/aromatic N) is 3. The Morgan fingerprint density at radius 2 is 1.82 bits per heavy atom. The maximum Gasteiger partial charge on any atom is 0.321 e. The number of carbonyl (C=O) groups excluding carboxylic acids is 1. The number of nitrogens with one attached hydrogen (secondary N) is 1. The second kappa shape index (κ2) is 7.50. The molecule has 2 heterocycles. The Bertz CT molecular complexity index is 987. The van der Waals surface area contributed by atoms with Gasteiger partial charge >= 0.3 is 6.03 Å². The van der Waals surface area contributed by atoms with Gasteiger partial charge in [0.05, 0.1) is 5.92 Å². The second-order valence-electron chi connectivity index (χ2n) is 7.66. The van der Waals surface area contributed by atoms with Gasteiger partial charge in [-0.05, 0) is 49.6 Å². The molecule has 1 saturated heterocycles. The van der Waals surface area contributed by atoms with Crippen molar-refractivity contribution in [2.75, 3.05) is 18.4 Å². The summed E-state index contributed by atoms with van der Waals surface area (Å²) >= 11 is 0. The summed E-state index contributed by atoms with van der Waals surface area (Å²) in [6.45, 7) is 8.42. The van der Waals surface area contributed by atoms with Gasteiger partial charge in [0.1, 0.15) is 5.82 Å². The van der Waals surface area contributed by atoms with Crippen molar-refractivity contribution in [1.82, 2.24) is 14.5 Å². The van der Waals surface area contributed by atoms with E-state index in [0.717, 1.165) is 23.8 Å². The molecule has 4 rings (SSSR count). The zero-order valence-electron chi connectivity index (χ0n) is 16.6. The van der Waals surface area contributed by atoms with E-state index in [1.54, 1.807) is 0 Å². The monoisotopic (exact) mass is 374 g/mol. The molecule has 1 N–H and O–H groups in total. The lowest BCUT2D eigenvalue weighted by Gasteiger charge is -2.39. The van der Waals surface area contributed by atoms with Crippen LogP contribution in [-0.2, 0) is 6.54 Å². The first-order valence-electron chi connectivity index (χ1n) is 9.70. The number of aryl methyl sites for hydroxylation is 3. The molecular weight excluding hydrogens is 348 g/mol. The second-order valence-corrected chi connectivity index (χ2v) is 7.66. The van der Waals surface area contributed by atoms with Gasteiger partial charge in [-0.25, -0.2) is 9.78 Å². The van der Waals surface area contributed by atoms with Gasteiger partial charge in [0.15, 0.2) is 0 Å². The normalized spacial score (nSPS) is 14.0. The summed E-state index contributed by atoms with van der Waals surface area (Å²) in [7, 11) is 0. The van der Waals surface area contributed by atoms with Gasteiger partial charge in [0.25, 0.3) is 0 Å². The highest BCUT2D eigenvalue weighted by atomic mass is 16.2. The van der Waals surface area contributed by atoms with Crippen LogP contribution in [0.1, 0.15) is 34.1 Å². The summed E-state index contributed by atoms with van der Waals surface area (Å²) < 4.78 is 2.26. The number of aromatic nitrogens is 2. The number of benzene rings is 2. The van der Waals surface area contributed by atoms with Gasteiger partial charge < -0.3 is 14.8 Å². The molecule has 2 amide bonds. The van der Waals surface area contributed by atoms with Crippen molar-refractivity contribution < 1.29 is 4.79 Å². The Kier molecular flexibility index (Phi) is 4.90. The van der Waals surface area contributed by atoms with E-state index in [-0.39, 0.29) is 11.9 Å². The Labute approximate surface area is 166 Å². The molecule has 144 valence electrons. The lowest BCUT2D eigenvalue weighted by molar-refractivity contribution is 0.159. The van der Waals surface area contributed by atoms with E-state index < -0.39 is 0 Å². The van der Waals surface area contributed by atoms with E-state index in [1.165, 1.54) is 16.7 Å². The average Bonchev–Trinajstić information content (AvgIpc) is 2.98. The predicted octanol–water partition coefficient (Wildman–Crippen LogP) is 4.49. The Balaban J connectivity index is 1.40. The van der Waals surface area contributed by atoms with Crippen molar-refractivity contribution >= 4 is 11.7 Å². The van der Waals surface area contributed by atoms with Crippen LogP contribution in [0, 0.1) is 20.8 Å². The molecule has 0 saturated carbocycles. The highest BCUT2D eigenvalue weighted by molar-refractivity contribution is 5.90. The van der Waals surface area contributed by atoms with Crippen LogP contribution >= 0.6 is 0 Å². The van der Waals surface area contributed by atoms with E-state index in [9.17, 15) is 4.79 Å². The van der Waals surface area contributed by atoms with Crippen molar-refractivity contribution in [2.24, 2.45) is 0 Å². The number of hydrogen-bond acceptors (Lipinski definition) is 2. The molecule has 1 fully saturated rings. The third-order valence-electron chi connectivity index (χ3n) is 5.56. The van der Waals surface area contributed by atoms with Gasteiger partial charge in [0.2, 0.25) is 0 Å². The lowest BCUT2D eigenvalue weighted by Crippen LogP contribution is -2.51. The number of imidazole rings is 1. The number of amides is 2. The van der Waals surface area contributed by atoms with Crippen LogP contribution in [0.5, 0.6) is 0 Å². The fraction of sp³-hybridized carbons (Fsp3) is 0.304. The number of urea groups is 1. The highest BCUT2D eigenvalue weighted by Crippen LogP contribution is 2.28. The zero-order valence-corrected chi connectivity index (χ0v) is 16.6. The van der Waals surface area contributed by atoms with E-state index >= 15 is 0 Å². The summed E-state index contributed by atoms with van der Waals surface area (Å²) in [4.78, 5) is 19.0. The molecule has 28 heavy (non-hydrogen) atoms. The number of rotatable bonds is 4. The summed E-state index contributed by atoms with van der Waals surface area (Å²) in [6, 6.07) is 16.4. The predicted molar refractivity (Wildman–Crippen MR) is 112 cm³/mol. The fourth-order valence-corrected chi connectivity index (χ4v) is 3.61. The molecule has 5 heteroatoms. The van der Waals surface area contributed by atoms with Crippen molar-refractivity contribution in [1.29, 1.82) is 0 Å². The van der Waals surface area contributed by atoms with Gasteiger partial charge in [-0.2, -0.15) is 0 Å². The van der Waals surface area contributed by atoms with Crippen LogP contribution in [0.4, 0.5) is 10.5 Å². The number of likely N-dealkylation sites (tertiary alicyclic amines) is 1. The lowest BCUT2D eigenvalue weighted by atomic mass is 9.99.